The van der Waals surface area contributed by atoms with E-state index in [2.05, 4.69) is 15.2 Å². The first-order valence-electron chi connectivity index (χ1n) is 5.73. The number of nitrogens with one attached hydrogen (secondary N) is 1. The Kier molecular flexibility index (Phi) is 4.19. The molecule has 1 aromatic rings. The van der Waals surface area contributed by atoms with E-state index in [1.165, 1.54) is 18.3 Å². The van der Waals surface area contributed by atoms with Crippen LogP contribution in [-0.4, -0.2) is 36.3 Å². The van der Waals surface area contributed by atoms with Gasteiger partial charge in [0, 0.05) is 26.1 Å². The van der Waals surface area contributed by atoms with Crippen LogP contribution in [0.1, 0.15) is 29.4 Å². The molecule has 1 fully saturated rings. The van der Waals surface area contributed by atoms with Gasteiger partial charge in [0.1, 0.15) is 4.88 Å². The zero-order chi connectivity index (χ0) is 13.1. The van der Waals surface area contributed by atoms with Gasteiger partial charge in [-0.05, 0) is 12.8 Å². The highest BCUT2D eigenvalue weighted by molar-refractivity contribution is 7.17. The molecule has 98 valence electrons. The molecule has 0 unspecified atom stereocenters. The second-order valence-electron chi connectivity index (χ2n) is 4.23. The molecule has 1 saturated heterocycles. The number of hydrogen-bond acceptors (Lipinski definition) is 5. The number of carbonyl (C=O) groups excluding carboxylic acids is 2. The maximum absolute atomic E-state index is 11.0. The van der Waals surface area contributed by atoms with Crippen molar-refractivity contribution in [2.24, 2.45) is 0 Å². The molecule has 0 saturated carbocycles. The van der Waals surface area contributed by atoms with Gasteiger partial charge in [-0.2, -0.15) is 0 Å². The molecule has 18 heavy (non-hydrogen) atoms. The monoisotopic (exact) mass is 287 g/mol. The average molecular weight is 288 g/mol. The van der Waals surface area contributed by atoms with Crippen molar-refractivity contribution in [1.29, 1.82) is 0 Å². The molecule has 0 aromatic carbocycles. The van der Waals surface area contributed by atoms with Crippen LogP contribution in [0.5, 0.6) is 0 Å². The van der Waals surface area contributed by atoms with Gasteiger partial charge in [-0.15, -0.1) is 0 Å². The second-order valence-corrected chi connectivity index (χ2v) is 5.60. The molecule has 0 bridgehead atoms. The van der Waals surface area contributed by atoms with Gasteiger partial charge in [0.15, 0.2) is 16.6 Å². The standard InChI is InChI=1S/C11H14ClN3O2S/c1-7(17)13-8-2-4-15(5-3-8)11-14-10(12)9(6-16)18-11/h6,8H,2-5H2,1H3,(H,13,17). The number of rotatable bonds is 3. The van der Waals surface area contributed by atoms with Crippen molar-refractivity contribution in [3.8, 4) is 0 Å². The minimum Gasteiger partial charge on any atom is -0.353 e. The van der Waals surface area contributed by atoms with Crippen LogP contribution in [0.4, 0.5) is 5.13 Å². The molecule has 1 N–H and O–H groups in total. The van der Waals surface area contributed by atoms with E-state index in [0.717, 1.165) is 37.3 Å². The predicted molar refractivity (Wildman–Crippen MR) is 71.6 cm³/mol. The van der Waals surface area contributed by atoms with E-state index in [0.29, 0.717) is 4.88 Å². The van der Waals surface area contributed by atoms with Crippen molar-refractivity contribution in [3.63, 3.8) is 0 Å². The SMILES string of the molecule is CC(=O)NC1CCN(c2nc(Cl)c(C=O)s2)CC1. The zero-order valence-electron chi connectivity index (χ0n) is 9.98. The van der Waals surface area contributed by atoms with Crippen molar-refractivity contribution in [1.82, 2.24) is 10.3 Å². The van der Waals surface area contributed by atoms with Crippen LogP contribution < -0.4 is 10.2 Å². The van der Waals surface area contributed by atoms with Crippen LogP contribution in [0, 0.1) is 0 Å². The Morgan fingerprint density at radius 1 is 1.56 bits per heavy atom. The summed E-state index contributed by atoms with van der Waals surface area (Å²) in [5.74, 6) is 0.00832. The number of aromatic nitrogens is 1. The first kappa shape index (κ1) is 13.3. The largest absolute Gasteiger partial charge is 0.353 e. The number of nitrogens with zero attached hydrogens (tertiary/aromatic N) is 2. The summed E-state index contributed by atoms with van der Waals surface area (Å²) in [7, 11) is 0. The number of hydrogen-bond donors (Lipinski definition) is 1. The van der Waals surface area contributed by atoms with Gasteiger partial charge in [-0.25, -0.2) is 4.98 Å². The number of amides is 1. The fourth-order valence-corrected chi connectivity index (χ4v) is 3.13. The van der Waals surface area contributed by atoms with Crippen molar-refractivity contribution >= 4 is 40.3 Å². The van der Waals surface area contributed by atoms with Crippen LogP contribution in [0.25, 0.3) is 0 Å². The highest BCUT2D eigenvalue weighted by Crippen LogP contribution is 2.30. The van der Waals surface area contributed by atoms with E-state index in [9.17, 15) is 9.59 Å². The number of halogens is 1. The van der Waals surface area contributed by atoms with Gasteiger partial charge in [0.25, 0.3) is 0 Å². The summed E-state index contributed by atoms with van der Waals surface area (Å²) in [5.41, 5.74) is 0. The molecule has 2 heterocycles. The van der Waals surface area contributed by atoms with Gasteiger partial charge >= 0.3 is 0 Å². The van der Waals surface area contributed by atoms with E-state index in [4.69, 9.17) is 11.6 Å². The third-order valence-electron chi connectivity index (χ3n) is 2.88. The molecule has 1 amide bonds. The van der Waals surface area contributed by atoms with Crippen LogP contribution >= 0.6 is 22.9 Å². The third-order valence-corrected chi connectivity index (χ3v) is 4.32. The summed E-state index contributed by atoms with van der Waals surface area (Å²) < 4.78 is 0. The third kappa shape index (κ3) is 3.00. The Balaban J connectivity index is 1.96. The molecular formula is C11H14ClN3O2S. The zero-order valence-corrected chi connectivity index (χ0v) is 11.6. The predicted octanol–water partition coefficient (Wildman–Crippen LogP) is 1.71. The summed E-state index contributed by atoms with van der Waals surface area (Å²) in [5, 5.41) is 3.97. The van der Waals surface area contributed by atoms with Crippen molar-refractivity contribution in [2.75, 3.05) is 18.0 Å². The highest BCUT2D eigenvalue weighted by atomic mass is 35.5. The molecule has 0 spiro atoms. The number of piperidine rings is 1. The lowest BCUT2D eigenvalue weighted by molar-refractivity contribution is -0.119. The summed E-state index contributed by atoms with van der Waals surface area (Å²) in [6.45, 7) is 3.16. The van der Waals surface area contributed by atoms with Crippen molar-refractivity contribution in [2.45, 2.75) is 25.8 Å². The smallest absolute Gasteiger partial charge is 0.217 e. The average Bonchev–Trinajstić information content (AvgIpc) is 2.71. The van der Waals surface area contributed by atoms with Crippen LogP contribution in [0.3, 0.4) is 0 Å². The van der Waals surface area contributed by atoms with Gasteiger partial charge in [-0.3, -0.25) is 9.59 Å². The fourth-order valence-electron chi connectivity index (χ4n) is 2.01. The maximum Gasteiger partial charge on any atom is 0.217 e. The minimum absolute atomic E-state index is 0.00832. The Hall–Kier alpha value is -1.14. The molecule has 2 rings (SSSR count). The lowest BCUT2D eigenvalue weighted by Crippen LogP contribution is -2.44. The van der Waals surface area contributed by atoms with Gasteiger partial charge < -0.3 is 10.2 Å². The number of thiazole rings is 1. The summed E-state index contributed by atoms with van der Waals surface area (Å²) in [6, 6.07) is 0.236. The molecule has 5 nitrogen and oxygen atoms in total. The summed E-state index contributed by atoms with van der Waals surface area (Å²) >= 11 is 7.15. The van der Waals surface area contributed by atoms with Gasteiger partial charge in [0.2, 0.25) is 5.91 Å². The molecule has 0 atom stereocenters. The van der Waals surface area contributed by atoms with Crippen LogP contribution in [0.15, 0.2) is 0 Å². The Morgan fingerprint density at radius 2 is 2.22 bits per heavy atom. The van der Waals surface area contributed by atoms with E-state index in [-0.39, 0.29) is 17.1 Å². The molecule has 0 aliphatic carbocycles. The van der Waals surface area contributed by atoms with E-state index < -0.39 is 0 Å². The second kappa shape index (κ2) is 5.67. The normalized spacial score (nSPS) is 16.7. The topological polar surface area (TPSA) is 62.3 Å². The number of anilines is 1. The Bertz CT molecular complexity index is 455. The van der Waals surface area contributed by atoms with E-state index in [1.807, 2.05) is 0 Å². The minimum atomic E-state index is 0.00832. The molecule has 0 radical (unpaired) electrons. The van der Waals surface area contributed by atoms with Gasteiger partial charge in [-0.1, -0.05) is 22.9 Å². The van der Waals surface area contributed by atoms with Crippen LogP contribution in [0.2, 0.25) is 5.15 Å². The molecule has 1 aliphatic heterocycles. The lowest BCUT2D eigenvalue weighted by Gasteiger charge is -2.31. The van der Waals surface area contributed by atoms with Crippen LogP contribution in [-0.2, 0) is 4.79 Å². The fraction of sp³-hybridized carbons (Fsp3) is 0.545. The first-order chi connectivity index (χ1) is 8.60. The summed E-state index contributed by atoms with van der Waals surface area (Å²) in [4.78, 5) is 28.4. The quantitative estimate of drug-likeness (QED) is 0.860. The summed E-state index contributed by atoms with van der Waals surface area (Å²) in [6.07, 6.45) is 2.49. The highest BCUT2D eigenvalue weighted by Gasteiger charge is 2.22. The van der Waals surface area contributed by atoms with Crippen molar-refractivity contribution < 1.29 is 9.59 Å². The molecular weight excluding hydrogens is 274 g/mol. The molecule has 7 heteroatoms. The first-order valence-corrected chi connectivity index (χ1v) is 6.93. The Labute approximate surface area is 114 Å². The van der Waals surface area contributed by atoms with Gasteiger partial charge in [0.05, 0.1) is 0 Å². The lowest BCUT2D eigenvalue weighted by atomic mass is 10.1. The molecule has 1 aliphatic rings. The maximum atomic E-state index is 11.0. The number of aldehydes is 1. The van der Waals surface area contributed by atoms with E-state index >= 15 is 0 Å². The Morgan fingerprint density at radius 3 is 2.72 bits per heavy atom. The van der Waals surface area contributed by atoms with Crippen molar-refractivity contribution in [3.05, 3.63) is 10.0 Å². The number of carbonyl (C=O) groups is 2. The molecule has 1 aromatic heterocycles. The van der Waals surface area contributed by atoms with E-state index in [1.54, 1.807) is 0 Å².